The van der Waals surface area contributed by atoms with Gasteiger partial charge in [-0.1, -0.05) is 35.5 Å². The van der Waals surface area contributed by atoms with Crippen LogP contribution in [0.4, 0.5) is 0 Å². The van der Waals surface area contributed by atoms with Gasteiger partial charge in [-0.3, -0.25) is 0 Å². The van der Waals surface area contributed by atoms with E-state index in [2.05, 4.69) is 60.7 Å². The minimum absolute atomic E-state index is 0.0255. The number of hydrogen-bond acceptors (Lipinski definition) is 4. The number of benzene rings is 1. The van der Waals surface area contributed by atoms with Crippen molar-refractivity contribution in [2.75, 3.05) is 6.61 Å². The van der Waals surface area contributed by atoms with E-state index < -0.39 is 0 Å². The van der Waals surface area contributed by atoms with E-state index in [1.165, 1.54) is 5.56 Å². The van der Waals surface area contributed by atoms with Crippen molar-refractivity contribution in [2.45, 2.75) is 57.8 Å². The quantitative estimate of drug-likeness (QED) is 0.942. The highest BCUT2D eigenvalue weighted by Crippen LogP contribution is 2.28. The normalized spacial score (nSPS) is 22.2. The van der Waals surface area contributed by atoms with Crippen LogP contribution >= 0.6 is 0 Å². The summed E-state index contributed by atoms with van der Waals surface area (Å²) in [6.45, 7) is 7.93. The number of rotatable bonds is 4. The summed E-state index contributed by atoms with van der Waals surface area (Å²) >= 11 is 0. The summed E-state index contributed by atoms with van der Waals surface area (Å²) in [5.41, 5.74) is 2.22. The lowest BCUT2D eigenvalue weighted by Gasteiger charge is -2.30. The summed E-state index contributed by atoms with van der Waals surface area (Å²) < 4.78 is 7.84. The Kier molecular flexibility index (Phi) is 4.78. The topological polar surface area (TPSA) is 52.0 Å². The fourth-order valence-electron chi connectivity index (χ4n) is 2.84. The van der Waals surface area contributed by atoms with Crippen molar-refractivity contribution in [2.24, 2.45) is 0 Å². The largest absolute Gasteiger partial charge is 0.373 e. The number of aromatic nitrogens is 3. The molecule has 1 aromatic heterocycles. The van der Waals surface area contributed by atoms with Gasteiger partial charge in [-0.15, -0.1) is 5.10 Å². The molecule has 2 atom stereocenters. The highest BCUT2D eigenvalue weighted by molar-refractivity contribution is 5.18. The van der Waals surface area contributed by atoms with E-state index in [-0.39, 0.29) is 11.6 Å². The van der Waals surface area contributed by atoms with Crippen LogP contribution in [0.25, 0.3) is 0 Å². The lowest BCUT2D eigenvalue weighted by Crippen LogP contribution is -2.35. The second-order valence-corrected chi connectivity index (χ2v) is 7.20. The molecule has 1 N–H and O–H groups in total. The predicted octanol–water partition coefficient (Wildman–Crippen LogP) is 3.04. The standard InChI is InChI=1S/C18H26N4O/c1-18(2,3)22-13-16(20-21-22)12-19-15-9-10-23-17(11-15)14-7-5-4-6-8-14/h4-8,13,15,17,19H,9-12H2,1-3H3. The lowest BCUT2D eigenvalue weighted by molar-refractivity contribution is -0.0000944. The van der Waals surface area contributed by atoms with Crippen LogP contribution in [-0.2, 0) is 16.8 Å². The third-order valence-corrected chi connectivity index (χ3v) is 4.26. The van der Waals surface area contributed by atoms with Crippen LogP contribution in [0, 0.1) is 0 Å². The van der Waals surface area contributed by atoms with Gasteiger partial charge in [-0.05, 0) is 39.2 Å². The molecular formula is C18H26N4O. The van der Waals surface area contributed by atoms with Gasteiger partial charge in [0, 0.05) is 19.2 Å². The Bertz CT molecular complexity index is 617. The molecular weight excluding hydrogens is 288 g/mol. The molecule has 1 aromatic carbocycles. The molecule has 0 saturated carbocycles. The van der Waals surface area contributed by atoms with Gasteiger partial charge in [0.25, 0.3) is 0 Å². The minimum atomic E-state index is -0.0255. The fraction of sp³-hybridized carbons (Fsp3) is 0.556. The lowest BCUT2D eigenvalue weighted by atomic mass is 9.97. The molecule has 2 aromatic rings. The van der Waals surface area contributed by atoms with Gasteiger partial charge in [0.1, 0.15) is 0 Å². The highest BCUT2D eigenvalue weighted by atomic mass is 16.5. The van der Waals surface area contributed by atoms with Gasteiger partial charge in [-0.2, -0.15) is 0 Å². The Labute approximate surface area is 138 Å². The summed E-state index contributed by atoms with van der Waals surface area (Å²) in [5.74, 6) is 0. The van der Waals surface area contributed by atoms with Gasteiger partial charge < -0.3 is 10.1 Å². The third-order valence-electron chi connectivity index (χ3n) is 4.26. The molecule has 1 saturated heterocycles. The summed E-state index contributed by atoms with van der Waals surface area (Å²) in [5, 5.41) is 12.1. The first-order chi connectivity index (χ1) is 11.0. The van der Waals surface area contributed by atoms with Gasteiger partial charge in [0.15, 0.2) is 0 Å². The average Bonchev–Trinajstić information content (AvgIpc) is 3.03. The van der Waals surface area contributed by atoms with Crippen molar-refractivity contribution in [3.63, 3.8) is 0 Å². The first-order valence-corrected chi connectivity index (χ1v) is 8.34. The maximum Gasteiger partial charge on any atom is 0.0965 e. The SMILES string of the molecule is CC(C)(C)n1cc(CNC2CCOC(c3ccccc3)C2)nn1. The van der Waals surface area contributed by atoms with E-state index in [9.17, 15) is 0 Å². The second-order valence-electron chi connectivity index (χ2n) is 7.20. The Balaban J connectivity index is 1.55. The maximum absolute atomic E-state index is 5.92. The van der Waals surface area contributed by atoms with Crippen molar-refractivity contribution in [1.29, 1.82) is 0 Å². The van der Waals surface area contributed by atoms with Crippen LogP contribution < -0.4 is 5.32 Å². The number of hydrogen-bond donors (Lipinski definition) is 1. The van der Waals surface area contributed by atoms with E-state index in [1.54, 1.807) is 0 Å². The molecule has 3 rings (SSSR count). The van der Waals surface area contributed by atoms with E-state index in [1.807, 2.05) is 16.9 Å². The highest BCUT2D eigenvalue weighted by Gasteiger charge is 2.24. The van der Waals surface area contributed by atoms with E-state index in [0.717, 1.165) is 31.7 Å². The van der Waals surface area contributed by atoms with Crippen molar-refractivity contribution in [1.82, 2.24) is 20.3 Å². The first kappa shape index (κ1) is 16.1. The average molecular weight is 314 g/mol. The second kappa shape index (κ2) is 6.81. The Morgan fingerprint density at radius 2 is 2.04 bits per heavy atom. The molecule has 5 nitrogen and oxygen atoms in total. The molecule has 1 aliphatic rings. The maximum atomic E-state index is 5.92. The zero-order chi connectivity index (χ0) is 16.3. The molecule has 2 unspecified atom stereocenters. The van der Waals surface area contributed by atoms with Crippen molar-refractivity contribution < 1.29 is 4.74 Å². The number of nitrogens with one attached hydrogen (secondary N) is 1. The zero-order valence-corrected chi connectivity index (χ0v) is 14.2. The summed E-state index contributed by atoms with van der Waals surface area (Å²) in [4.78, 5) is 0. The van der Waals surface area contributed by atoms with Gasteiger partial charge in [-0.25, -0.2) is 4.68 Å². The van der Waals surface area contributed by atoms with E-state index in [4.69, 9.17) is 4.74 Å². The Hall–Kier alpha value is -1.72. The van der Waals surface area contributed by atoms with Crippen LogP contribution in [0.1, 0.15) is 51.0 Å². The van der Waals surface area contributed by atoms with Crippen LogP contribution in [-0.4, -0.2) is 27.6 Å². The van der Waals surface area contributed by atoms with E-state index in [0.29, 0.717) is 6.04 Å². The molecule has 1 fully saturated rings. The van der Waals surface area contributed by atoms with Crippen LogP contribution in [0.3, 0.4) is 0 Å². The summed E-state index contributed by atoms with van der Waals surface area (Å²) in [6.07, 6.45) is 4.25. The Morgan fingerprint density at radius 1 is 1.26 bits per heavy atom. The number of nitrogens with zero attached hydrogens (tertiary/aromatic N) is 3. The summed E-state index contributed by atoms with van der Waals surface area (Å²) in [6, 6.07) is 10.9. The molecule has 0 bridgehead atoms. The molecule has 5 heteroatoms. The molecule has 0 amide bonds. The minimum Gasteiger partial charge on any atom is -0.373 e. The van der Waals surface area contributed by atoms with Crippen LogP contribution in [0.15, 0.2) is 36.5 Å². The first-order valence-electron chi connectivity index (χ1n) is 8.34. The molecule has 124 valence electrons. The fourth-order valence-corrected chi connectivity index (χ4v) is 2.84. The van der Waals surface area contributed by atoms with Crippen LogP contribution in [0.2, 0.25) is 0 Å². The molecule has 23 heavy (non-hydrogen) atoms. The molecule has 0 radical (unpaired) electrons. The molecule has 0 spiro atoms. The van der Waals surface area contributed by atoms with Crippen molar-refractivity contribution >= 4 is 0 Å². The third kappa shape index (κ3) is 4.18. The van der Waals surface area contributed by atoms with Gasteiger partial charge in [0.2, 0.25) is 0 Å². The smallest absolute Gasteiger partial charge is 0.0965 e. The number of ether oxygens (including phenoxy) is 1. The molecule has 1 aliphatic heterocycles. The predicted molar refractivity (Wildman–Crippen MR) is 90.0 cm³/mol. The van der Waals surface area contributed by atoms with Crippen molar-refractivity contribution in [3.8, 4) is 0 Å². The Morgan fingerprint density at radius 3 is 2.74 bits per heavy atom. The monoisotopic (exact) mass is 314 g/mol. The summed E-state index contributed by atoms with van der Waals surface area (Å²) in [7, 11) is 0. The van der Waals surface area contributed by atoms with Gasteiger partial charge in [0.05, 0.1) is 23.5 Å². The van der Waals surface area contributed by atoms with E-state index >= 15 is 0 Å². The molecule has 0 aliphatic carbocycles. The molecule has 2 heterocycles. The van der Waals surface area contributed by atoms with Crippen molar-refractivity contribution in [3.05, 3.63) is 47.8 Å². The zero-order valence-electron chi connectivity index (χ0n) is 14.2. The van der Waals surface area contributed by atoms with Crippen LogP contribution in [0.5, 0.6) is 0 Å². The van der Waals surface area contributed by atoms with Gasteiger partial charge >= 0.3 is 0 Å².